The minimum atomic E-state index is -3.66. The molecule has 1 spiro atoms. The van der Waals surface area contributed by atoms with Gasteiger partial charge in [0.1, 0.15) is 16.4 Å². The van der Waals surface area contributed by atoms with Gasteiger partial charge in [-0.3, -0.25) is 9.59 Å². The van der Waals surface area contributed by atoms with E-state index in [-0.39, 0.29) is 30.8 Å². The molecular weight excluding hydrogens is 344 g/mol. The summed E-state index contributed by atoms with van der Waals surface area (Å²) < 4.78 is 50.4. The van der Waals surface area contributed by atoms with Gasteiger partial charge in [-0.25, -0.2) is 17.2 Å². The van der Waals surface area contributed by atoms with E-state index in [1.807, 2.05) is 0 Å². The SMILES string of the molecule is Cc1cc(F)c(C(=O)N2CC3(C2)C(C(=O)O)CCS3(=O)=O)cc1F. The number of hydrogen-bond donors (Lipinski definition) is 1. The van der Waals surface area contributed by atoms with Crippen molar-refractivity contribution in [3.05, 3.63) is 34.9 Å². The Morgan fingerprint density at radius 1 is 1.25 bits per heavy atom. The maximum Gasteiger partial charge on any atom is 0.308 e. The summed E-state index contributed by atoms with van der Waals surface area (Å²) in [6.45, 7) is 0.716. The molecule has 2 heterocycles. The van der Waals surface area contributed by atoms with Gasteiger partial charge in [0, 0.05) is 13.1 Å². The topological polar surface area (TPSA) is 91.8 Å². The molecule has 0 saturated carbocycles. The van der Waals surface area contributed by atoms with Gasteiger partial charge < -0.3 is 10.0 Å². The van der Waals surface area contributed by atoms with Crippen LogP contribution in [0.3, 0.4) is 0 Å². The van der Waals surface area contributed by atoms with Crippen molar-refractivity contribution in [2.45, 2.75) is 18.1 Å². The Kier molecular flexibility index (Phi) is 3.67. The summed E-state index contributed by atoms with van der Waals surface area (Å²) in [7, 11) is -3.66. The Morgan fingerprint density at radius 2 is 1.88 bits per heavy atom. The number of nitrogens with zero attached hydrogens (tertiary/aromatic N) is 1. The number of carbonyl (C=O) groups is 2. The second kappa shape index (κ2) is 5.23. The Bertz CT molecular complexity index is 846. The van der Waals surface area contributed by atoms with E-state index in [1.165, 1.54) is 6.92 Å². The van der Waals surface area contributed by atoms with E-state index >= 15 is 0 Å². The van der Waals surface area contributed by atoms with Crippen molar-refractivity contribution < 1.29 is 31.9 Å². The molecule has 2 aliphatic rings. The number of likely N-dealkylation sites (tertiary alicyclic amines) is 1. The van der Waals surface area contributed by atoms with Crippen LogP contribution in [-0.2, 0) is 14.6 Å². The maximum atomic E-state index is 13.9. The highest BCUT2D eigenvalue weighted by molar-refractivity contribution is 7.93. The predicted octanol–water partition coefficient (Wildman–Crippen LogP) is 0.987. The zero-order chi connectivity index (χ0) is 17.9. The smallest absolute Gasteiger partial charge is 0.308 e. The summed E-state index contributed by atoms with van der Waals surface area (Å²) in [5, 5.41) is 9.22. The van der Waals surface area contributed by atoms with E-state index in [9.17, 15) is 31.9 Å². The van der Waals surface area contributed by atoms with Crippen molar-refractivity contribution >= 4 is 21.7 Å². The summed E-state index contributed by atoms with van der Waals surface area (Å²) in [4.78, 5) is 24.7. The highest BCUT2D eigenvalue weighted by Gasteiger charge is 2.65. The molecule has 1 aromatic carbocycles. The van der Waals surface area contributed by atoms with Crippen LogP contribution in [0.1, 0.15) is 22.3 Å². The van der Waals surface area contributed by atoms with Crippen LogP contribution in [-0.4, -0.2) is 53.9 Å². The fraction of sp³-hybridized carbons (Fsp3) is 0.467. The molecule has 1 N–H and O–H groups in total. The van der Waals surface area contributed by atoms with Crippen molar-refractivity contribution in [1.82, 2.24) is 4.90 Å². The van der Waals surface area contributed by atoms with Crippen LogP contribution in [0.15, 0.2) is 12.1 Å². The summed E-state index contributed by atoms with van der Waals surface area (Å²) in [6.07, 6.45) is -0.00673. The number of carboxylic acids is 1. The third-order valence-electron chi connectivity index (χ3n) is 4.91. The highest BCUT2D eigenvalue weighted by atomic mass is 32.2. The second-order valence-electron chi connectivity index (χ2n) is 6.31. The number of benzene rings is 1. The second-order valence-corrected chi connectivity index (χ2v) is 8.76. The van der Waals surface area contributed by atoms with Crippen LogP contribution in [0.2, 0.25) is 0 Å². The van der Waals surface area contributed by atoms with Crippen LogP contribution >= 0.6 is 0 Å². The number of hydrogen-bond acceptors (Lipinski definition) is 4. The van der Waals surface area contributed by atoms with E-state index in [4.69, 9.17) is 0 Å². The van der Waals surface area contributed by atoms with Gasteiger partial charge >= 0.3 is 5.97 Å². The zero-order valence-corrected chi connectivity index (χ0v) is 13.6. The van der Waals surface area contributed by atoms with Gasteiger partial charge in [0.2, 0.25) is 0 Å². The fourth-order valence-electron chi connectivity index (χ4n) is 3.45. The van der Waals surface area contributed by atoms with Crippen molar-refractivity contribution in [2.24, 2.45) is 5.92 Å². The summed E-state index contributed by atoms with van der Waals surface area (Å²) in [6, 6.07) is 1.67. The van der Waals surface area contributed by atoms with Crippen molar-refractivity contribution in [2.75, 3.05) is 18.8 Å². The zero-order valence-electron chi connectivity index (χ0n) is 12.8. The van der Waals surface area contributed by atoms with E-state index in [0.717, 1.165) is 17.0 Å². The molecule has 1 unspecified atom stereocenters. The van der Waals surface area contributed by atoms with Crippen LogP contribution in [0.5, 0.6) is 0 Å². The first-order valence-corrected chi connectivity index (χ1v) is 8.94. The Balaban J connectivity index is 1.87. The van der Waals surface area contributed by atoms with Crippen LogP contribution in [0, 0.1) is 24.5 Å². The van der Waals surface area contributed by atoms with Gasteiger partial charge in [0.25, 0.3) is 5.91 Å². The molecule has 2 aliphatic heterocycles. The summed E-state index contributed by atoms with van der Waals surface area (Å²) >= 11 is 0. The predicted molar refractivity (Wildman–Crippen MR) is 79.3 cm³/mol. The number of halogens is 2. The number of aryl methyl sites for hydroxylation is 1. The van der Waals surface area contributed by atoms with Crippen molar-refractivity contribution in [3.63, 3.8) is 0 Å². The lowest BCUT2D eigenvalue weighted by atomic mass is 9.83. The molecule has 0 aliphatic carbocycles. The fourth-order valence-corrected chi connectivity index (χ4v) is 5.76. The van der Waals surface area contributed by atoms with E-state index in [2.05, 4.69) is 0 Å². The van der Waals surface area contributed by atoms with Gasteiger partial charge in [-0.15, -0.1) is 0 Å². The Hall–Kier alpha value is -2.03. The first-order chi connectivity index (χ1) is 11.1. The van der Waals surface area contributed by atoms with Crippen LogP contribution in [0.25, 0.3) is 0 Å². The minimum absolute atomic E-state index is 0.00673. The molecule has 9 heteroatoms. The monoisotopic (exact) mass is 359 g/mol. The highest BCUT2D eigenvalue weighted by Crippen LogP contribution is 2.45. The molecule has 0 aromatic heterocycles. The Labute approximate surface area is 137 Å². The minimum Gasteiger partial charge on any atom is -0.481 e. The van der Waals surface area contributed by atoms with Gasteiger partial charge in [0.15, 0.2) is 9.84 Å². The lowest BCUT2D eigenvalue weighted by molar-refractivity contribution is -0.144. The van der Waals surface area contributed by atoms with Crippen LogP contribution in [0.4, 0.5) is 8.78 Å². The number of carboxylic acid groups (broad SMARTS) is 1. The number of sulfone groups is 1. The van der Waals surface area contributed by atoms with Crippen molar-refractivity contribution in [1.29, 1.82) is 0 Å². The molecule has 2 fully saturated rings. The molecule has 1 aromatic rings. The summed E-state index contributed by atoms with van der Waals surface area (Å²) in [5.41, 5.74) is -0.441. The molecule has 24 heavy (non-hydrogen) atoms. The molecular formula is C15H15F2NO5S. The van der Waals surface area contributed by atoms with E-state index < -0.39 is 49.6 Å². The van der Waals surface area contributed by atoms with Gasteiger partial charge in [0.05, 0.1) is 17.2 Å². The Morgan fingerprint density at radius 3 is 2.46 bits per heavy atom. The lowest BCUT2D eigenvalue weighted by Crippen LogP contribution is -2.69. The quantitative estimate of drug-likeness (QED) is 0.850. The van der Waals surface area contributed by atoms with Gasteiger partial charge in [-0.2, -0.15) is 0 Å². The third kappa shape index (κ3) is 2.21. The standard InChI is InChI=1S/C15H15F2NO5S/c1-8-4-12(17)9(5-11(8)16)13(19)18-6-15(7-18)10(14(20)21)2-3-24(15,22)23/h4-5,10H,2-3,6-7H2,1H3,(H,20,21). The van der Waals surface area contributed by atoms with E-state index in [0.29, 0.717) is 0 Å². The van der Waals surface area contributed by atoms with E-state index in [1.54, 1.807) is 0 Å². The number of amides is 1. The molecule has 1 atom stereocenters. The average molecular weight is 359 g/mol. The van der Waals surface area contributed by atoms with Crippen LogP contribution < -0.4 is 0 Å². The van der Waals surface area contributed by atoms with Gasteiger partial charge in [-0.1, -0.05) is 0 Å². The normalized spacial score (nSPS) is 24.0. The molecule has 3 rings (SSSR count). The lowest BCUT2D eigenvalue weighted by Gasteiger charge is -2.48. The number of carbonyl (C=O) groups excluding carboxylic acids is 1. The van der Waals surface area contributed by atoms with Gasteiger partial charge in [-0.05, 0) is 31.0 Å². The number of rotatable bonds is 2. The first kappa shape index (κ1) is 16.8. The first-order valence-electron chi connectivity index (χ1n) is 7.29. The maximum absolute atomic E-state index is 13.9. The largest absolute Gasteiger partial charge is 0.481 e. The molecule has 130 valence electrons. The van der Waals surface area contributed by atoms with Crippen molar-refractivity contribution in [3.8, 4) is 0 Å². The molecule has 0 radical (unpaired) electrons. The number of aliphatic carboxylic acids is 1. The average Bonchev–Trinajstić information content (AvgIpc) is 2.72. The molecule has 1 amide bonds. The molecule has 6 nitrogen and oxygen atoms in total. The molecule has 0 bridgehead atoms. The molecule has 2 saturated heterocycles. The third-order valence-corrected chi connectivity index (χ3v) is 7.47. The summed E-state index contributed by atoms with van der Waals surface area (Å²) in [5.74, 6) is -5.06.